The molecule has 1 aromatic carbocycles. The molecule has 1 heterocycles. The monoisotopic (exact) mass is 313 g/mol. The van der Waals surface area contributed by atoms with Crippen molar-refractivity contribution in [1.29, 1.82) is 0 Å². The maximum atomic E-state index is 11.9. The molecule has 1 aromatic heterocycles. The van der Waals surface area contributed by atoms with E-state index in [1.54, 1.807) is 24.4 Å². The second kappa shape index (κ2) is 8.53. The number of hydrazone groups is 1. The van der Waals surface area contributed by atoms with Crippen LogP contribution in [-0.4, -0.2) is 30.3 Å². The molecule has 1 amide bonds. The maximum Gasteiger partial charge on any atom is 0.272 e. The van der Waals surface area contributed by atoms with Crippen molar-refractivity contribution in [2.75, 3.05) is 13.2 Å². The van der Waals surface area contributed by atoms with Gasteiger partial charge < -0.3 is 9.47 Å². The number of benzene rings is 1. The van der Waals surface area contributed by atoms with Gasteiger partial charge in [-0.25, -0.2) is 5.43 Å². The molecule has 120 valence electrons. The molecule has 0 radical (unpaired) electrons. The Kier molecular flexibility index (Phi) is 6.11. The van der Waals surface area contributed by atoms with Crippen molar-refractivity contribution >= 4 is 12.1 Å². The number of pyridine rings is 1. The smallest absolute Gasteiger partial charge is 0.272 e. The van der Waals surface area contributed by atoms with Crippen LogP contribution in [0.3, 0.4) is 0 Å². The second-order valence-electron chi connectivity index (χ2n) is 4.51. The van der Waals surface area contributed by atoms with Crippen LogP contribution < -0.4 is 14.9 Å². The lowest BCUT2D eigenvalue weighted by Gasteiger charge is -2.10. The zero-order valence-electron chi connectivity index (χ0n) is 13.2. The summed E-state index contributed by atoms with van der Waals surface area (Å²) in [5.41, 5.74) is 3.66. The van der Waals surface area contributed by atoms with Crippen LogP contribution in [0.25, 0.3) is 0 Å². The summed E-state index contributed by atoms with van der Waals surface area (Å²) in [6.07, 6.45) is 4.62. The molecule has 0 aliphatic rings. The summed E-state index contributed by atoms with van der Waals surface area (Å²) >= 11 is 0. The lowest BCUT2D eigenvalue weighted by Crippen LogP contribution is -2.17. The van der Waals surface area contributed by atoms with E-state index in [4.69, 9.17) is 9.47 Å². The molecular weight excluding hydrogens is 294 g/mol. The van der Waals surface area contributed by atoms with Gasteiger partial charge in [0.1, 0.15) is 11.5 Å². The first-order valence-corrected chi connectivity index (χ1v) is 7.37. The fourth-order valence-electron chi connectivity index (χ4n) is 1.88. The van der Waals surface area contributed by atoms with Crippen LogP contribution in [0.15, 0.2) is 47.8 Å². The van der Waals surface area contributed by atoms with E-state index >= 15 is 0 Å². The highest BCUT2D eigenvalue weighted by Crippen LogP contribution is 2.23. The maximum absolute atomic E-state index is 11.9. The average Bonchev–Trinajstić information content (AvgIpc) is 2.58. The van der Waals surface area contributed by atoms with Gasteiger partial charge in [-0.2, -0.15) is 5.10 Å². The Morgan fingerprint density at radius 3 is 2.78 bits per heavy atom. The molecule has 0 fully saturated rings. The molecule has 2 rings (SSSR count). The SMILES string of the molecule is CCOc1ccc(C=NNC(=O)c2cccnc2)c(OCC)c1. The van der Waals surface area contributed by atoms with Gasteiger partial charge in [-0.1, -0.05) is 0 Å². The fraction of sp³-hybridized carbons (Fsp3) is 0.235. The first-order valence-electron chi connectivity index (χ1n) is 7.37. The lowest BCUT2D eigenvalue weighted by atomic mass is 10.2. The van der Waals surface area contributed by atoms with Crippen molar-refractivity contribution < 1.29 is 14.3 Å². The molecule has 0 aliphatic carbocycles. The largest absolute Gasteiger partial charge is 0.494 e. The van der Waals surface area contributed by atoms with E-state index in [0.717, 1.165) is 11.3 Å². The highest BCUT2D eigenvalue weighted by molar-refractivity contribution is 5.94. The minimum atomic E-state index is -0.321. The van der Waals surface area contributed by atoms with E-state index < -0.39 is 0 Å². The first-order chi connectivity index (χ1) is 11.2. The molecule has 0 aliphatic heterocycles. The number of hydrogen-bond donors (Lipinski definition) is 1. The molecule has 6 nitrogen and oxygen atoms in total. The van der Waals surface area contributed by atoms with Crippen LogP contribution in [0, 0.1) is 0 Å². The Hall–Kier alpha value is -2.89. The van der Waals surface area contributed by atoms with Crippen LogP contribution in [0.4, 0.5) is 0 Å². The number of carbonyl (C=O) groups is 1. The lowest BCUT2D eigenvalue weighted by molar-refractivity contribution is 0.0954. The van der Waals surface area contributed by atoms with Gasteiger partial charge in [-0.3, -0.25) is 9.78 Å². The Morgan fingerprint density at radius 2 is 2.09 bits per heavy atom. The molecule has 0 atom stereocenters. The van der Waals surface area contributed by atoms with E-state index in [1.165, 1.54) is 12.4 Å². The highest BCUT2D eigenvalue weighted by Gasteiger charge is 2.05. The molecule has 0 bridgehead atoms. The molecule has 0 saturated carbocycles. The highest BCUT2D eigenvalue weighted by atomic mass is 16.5. The number of hydrogen-bond acceptors (Lipinski definition) is 5. The van der Waals surface area contributed by atoms with E-state index in [2.05, 4.69) is 15.5 Å². The van der Waals surface area contributed by atoms with Crippen LogP contribution in [0.2, 0.25) is 0 Å². The summed E-state index contributed by atoms with van der Waals surface area (Å²) in [4.78, 5) is 15.8. The number of nitrogens with zero attached hydrogens (tertiary/aromatic N) is 2. The molecule has 0 unspecified atom stereocenters. The first kappa shape index (κ1) is 16.5. The Labute approximate surface area is 135 Å². The third-order valence-corrected chi connectivity index (χ3v) is 2.89. The van der Waals surface area contributed by atoms with Crippen molar-refractivity contribution in [2.24, 2.45) is 5.10 Å². The summed E-state index contributed by atoms with van der Waals surface area (Å²) in [5.74, 6) is 1.06. The molecule has 23 heavy (non-hydrogen) atoms. The van der Waals surface area contributed by atoms with Crippen LogP contribution in [0.5, 0.6) is 11.5 Å². The average molecular weight is 313 g/mol. The standard InChI is InChI=1S/C17H19N3O3/c1-3-22-15-8-7-13(16(10-15)23-4-2)12-19-20-17(21)14-6-5-9-18-11-14/h5-12H,3-4H2,1-2H3,(H,20,21). The van der Waals surface area contributed by atoms with Gasteiger partial charge in [0, 0.05) is 24.0 Å². The quantitative estimate of drug-likeness (QED) is 0.630. The van der Waals surface area contributed by atoms with Gasteiger partial charge in [0.2, 0.25) is 0 Å². The summed E-state index contributed by atoms with van der Waals surface area (Å²) in [5, 5.41) is 3.96. The summed E-state index contributed by atoms with van der Waals surface area (Å²) in [6.45, 7) is 4.93. The zero-order chi connectivity index (χ0) is 16.5. The number of nitrogens with one attached hydrogen (secondary N) is 1. The third-order valence-electron chi connectivity index (χ3n) is 2.89. The van der Waals surface area contributed by atoms with Crippen LogP contribution >= 0.6 is 0 Å². The van der Waals surface area contributed by atoms with Gasteiger partial charge >= 0.3 is 0 Å². The van der Waals surface area contributed by atoms with E-state index in [0.29, 0.717) is 24.5 Å². The topological polar surface area (TPSA) is 72.8 Å². The van der Waals surface area contributed by atoms with Crippen molar-refractivity contribution in [1.82, 2.24) is 10.4 Å². The van der Waals surface area contributed by atoms with Gasteiger partial charge in [-0.15, -0.1) is 0 Å². The van der Waals surface area contributed by atoms with Crippen LogP contribution in [0.1, 0.15) is 29.8 Å². The minimum absolute atomic E-state index is 0.321. The van der Waals surface area contributed by atoms with Crippen molar-refractivity contribution in [3.8, 4) is 11.5 Å². The van der Waals surface area contributed by atoms with Crippen molar-refractivity contribution in [3.05, 3.63) is 53.9 Å². The summed E-state index contributed by atoms with van der Waals surface area (Å²) in [6, 6.07) is 8.82. The fourth-order valence-corrected chi connectivity index (χ4v) is 1.88. The molecule has 2 aromatic rings. The third kappa shape index (κ3) is 4.81. The van der Waals surface area contributed by atoms with Gasteiger partial charge in [0.15, 0.2) is 0 Å². The van der Waals surface area contributed by atoms with E-state index in [1.807, 2.05) is 26.0 Å². The van der Waals surface area contributed by atoms with Crippen LogP contribution in [-0.2, 0) is 0 Å². The zero-order valence-corrected chi connectivity index (χ0v) is 13.2. The van der Waals surface area contributed by atoms with Gasteiger partial charge in [0.05, 0.1) is 25.0 Å². The predicted octanol–water partition coefficient (Wildman–Crippen LogP) is 2.64. The number of carbonyl (C=O) groups excluding carboxylic acids is 1. The van der Waals surface area contributed by atoms with E-state index in [9.17, 15) is 4.79 Å². The van der Waals surface area contributed by atoms with Gasteiger partial charge in [0.25, 0.3) is 5.91 Å². The number of amides is 1. The number of aromatic nitrogens is 1. The minimum Gasteiger partial charge on any atom is -0.494 e. The Morgan fingerprint density at radius 1 is 1.26 bits per heavy atom. The normalized spacial score (nSPS) is 10.5. The molecule has 0 saturated heterocycles. The van der Waals surface area contributed by atoms with E-state index in [-0.39, 0.29) is 5.91 Å². The van der Waals surface area contributed by atoms with Crippen molar-refractivity contribution in [2.45, 2.75) is 13.8 Å². The Balaban J connectivity index is 2.07. The molecule has 0 spiro atoms. The predicted molar refractivity (Wildman–Crippen MR) is 88.1 cm³/mol. The molecular formula is C17H19N3O3. The second-order valence-corrected chi connectivity index (χ2v) is 4.51. The number of rotatable bonds is 7. The van der Waals surface area contributed by atoms with Crippen molar-refractivity contribution in [3.63, 3.8) is 0 Å². The Bertz CT molecular complexity index is 672. The molecule has 1 N–H and O–H groups in total. The molecule has 6 heteroatoms. The summed E-state index contributed by atoms with van der Waals surface area (Å²) < 4.78 is 11.0. The summed E-state index contributed by atoms with van der Waals surface area (Å²) in [7, 11) is 0. The number of ether oxygens (including phenoxy) is 2. The van der Waals surface area contributed by atoms with Gasteiger partial charge in [-0.05, 0) is 38.1 Å².